The molecule has 1 amide bonds. The van der Waals surface area contributed by atoms with Gasteiger partial charge in [-0.05, 0) is 24.1 Å². The first-order valence-corrected chi connectivity index (χ1v) is 12.5. The summed E-state index contributed by atoms with van der Waals surface area (Å²) in [5.41, 5.74) is 2.77. The first-order valence-electron chi connectivity index (χ1n) is 9.72. The second-order valence-electron chi connectivity index (χ2n) is 7.30. The molecule has 4 rings (SSSR count). The molecule has 1 saturated heterocycles. The predicted molar refractivity (Wildman–Crippen MR) is 120 cm³/mol. The van der Waals surface area contributed by atoms with Gasteiger partial charge in [-0.25, -0.2) is 13.4 Å². The highest BCUT2D eigenvalue weighted by Crippen LogP contribution is 2.28. The van der Waals surface area contributed by atoms with Gasteiger partial charge in [0.1, 0.15) is 0 Å². The lowest BCUT2D eigenvalue weighted by atomic mass is 10.2. The Hall–Kier alpha value is -2.58. The zero-order valence-corrected chi connectivity index (χ0v) is 18.3. The first kappa shape index (κ1) is 20.7. The number of nitrogens with zero attached hydrogens (tertiary/aromatic N) is 3. The van der Waals surface area contributed by atoms with Crippen molar-refractivity contribution in [2.45, 2.75) is 17.6 Å². The zero-order valence-electron chi connectivity index (χ0n) is 16.6. The average Bonchev–Trinajstić information content (AvgIpc) is 3.29. The lowest BCUT2D eigenvalue weighted by Gasteiger charge is -2.28. The summed E-state index contributed by atoms with van der Waals surface area (Å²) in [4.78, 5) is 19.3. The standard InChI is InChI=1S/C22H23N3O3S2/c1-24-20(17-8-4-2-5-9-17)14-23-22(24)29-15-21(26)25(18-10-6-3-7-11-18)19-12-13-30(27,28)16-19/h2-11,14,19H,12-13,15-16H2,1H3/t19-/m0/s1. The summed E-state index contributed by atoms with van der Waals surface area (Å²) in [6.07, 6.45) is 2.27. The van der Waals surface area contributed by atoms with Crippen molar-refractivity contribution in [3.63, 3.8) is 0 Å². The third-order valence-electron chi connectivity index (χ3n) is 5.22. The molecule has 0 bridgehead atoms. The quantitative estimate of drug-likeness (QED) is 0.548. The normalized spacial score (nSPS) is 17.7. The molecule has 0 aliphatic carbocycles. The number of sulfone groups is 1. The van der Waals surface area contributed by atoms with Crippen LogP contribution in [0.15, 0.2) is 72.0 Å². The topological polar surface area (TPSA) is 72.3 Å². The Morgan fingerprint density at radius 3 is 2.43 bits per heavy atom. The van der Waals surface area contributed by atoms with Crippen LogP contribution in [0.5, 0.6) is 0 Å². The van der Waals surface area contributed by atoms with Crippen LogP contribution < -0.4 is 4.90 Å². The molecule has 1 atom stereocenters. The van der Waals surface area contributed by atoms with E-state index < -0.39 is 9.84 Å². The largest absolute Gasteiger partial charge is 0.322 e. The fraction of sp³-hybridized carbons (Fsp3) is 0.273. The molecule has 8 heteroatoms. The number of para-hydroxylation sites is 1. The van der Waals surface area contributed by atoms with Crippen molar-refractivity contribution >= 4 is 33.2 Å². The second-order valence-corrected chi connectivity index (χ2v) is 10.5. The Bertz CT molecular complexity index is 1130. The van der Waals surface area contributed by atoms with Crippen molar-refractivity contribution in [1.29, 1.82) is 0 Å². The molecule has 1 aliphatic heterocycles. The Morgan fingerprint density at radius 2 is 1.80 bits per heavy atom. The van der Waals surface area contributed by atoms with Gasteiger partial charge in [0.15, 0.2) is 15.0 Å². The lowest BCUT2D eigenvalue weighted by molar-refractivity contribution is -0.116. The molecule has 6 nitrogen and oxygen atoms in total. The van der Waals surface area contributed by atoms with E-state index >= 15 is 0 Å². The first-order chi connectivity index (χ1) is 14.4. The summed E-state index contributed by atoms with van der Waals surface area (Å²) in [6, 6.07) is 18.9. The van der Waals surface area contributed by atoms with Crippen molar-refractivity contribution in [1.82, 2.24) is 9.55 Å². The number of carbonyl (C=O) groups excluding carboxylic acids is 1. The van der Waals surface area contributed by atoms with Gasteiger partial charge >= 0.3 is 0 Å². The van der Waals surface area contributed by atoms with E-state index in [0.29, 0.717) is 6.42 Å². The third-order valence-corrected chi connectivity index (χ3v) is 8.00. The number of anilines is 1. The molecule has 0 N–H and O–H groups in total. The molecule has 0 saturated carbocycles. The number of rotatable bonds is 6. The van der Waals surface area contributed by atoms with Gasteiger partial charge in [-0.1, -0.05) is 60.3 Å². The van der Waals surface area contributed by atoms with Crippen LogP contribution in [-0.2, 0) is 21.7 Å². The monoisotopic (exact) mass is 441 g/mol. The van der Waals surface area contributed by atoms with Gasteiger partial charge in [0.05, 0.1) is 35.2 Å². The number of hydrogen-bond donors (Lipinski definition) is 0. The second kappa shape index (κ2) is 8.65. The molecule has 0 unspecified atom stereocenters. The van der Waals surface area contributed by atoms with Crippen LogP contribution in [0.1, 0.15) is 6.42 Å². The van der Waals surface area contributed by atoms with E-state index in [0.717, 1.165) is 22.1 Å². The highest BCUT2D eigenvalue weighted by atomic mass is 32.2. The average molecular weight is 442 g/mol. The number of imidazole rings is 1. The molecule has 156 valence electrons. The maximum atomic E-state index is 13.2. The Labute approximate surface area is 180 Å². The van der Waals surface area contributed by atoms with Crippen molar-refractivity contribution in [2.24, 2.45) is 7.05 Å². The minimum atomic E-state index is -3.10. The van der Waals surface area contributed by atoms with E-state index in [9.17, 15) is 13.2 Å². The number of thioether (sulfide) groups is 1. The Balaban J connectivity index is 1.52. The van der Waals surface area contributed by atoms with Crippen molar-refractivity contribution < 1.29 is 13.2 Å². The molecule has 1 aliphatic rings. The molecular weight excluding hydrogens is 418 g/mol. The molecule has 1 aromatic heterocycles. The van der Waals surface area contributed by atoms with Gasteiger partial charge in [0.2, 0.25) is 5.91 Å². The molecule has 2 heterocycles. The van der Waals surface area contributed by atoms with Crippen LogP contribution >= 0.6 is 11.8 Å². The van der Waals surface area contributed by atoms with E-state index in [1.165, 1.54) is 11.8 Å². The minimum Gasteiger partial charge on any atom is -0.322 e. The minimum absolute atomic E-state index is 0.0128. The smallest absolute Gasteiger partial charge is 0.237 e. The number of carbonyl (C=O) groups is 1. The fourth-order valence-electron chi connectivity index (χ4n) is 3.73. The van der Waals surface area contributed by atoms with Gasteiger partial charge in [-0.15, -0.1) is 0 Å². The third kappa shape index (κ3) is 4.44. The number of hydrogen-bond acceptors (Lipinski definition) is 5. The zero-order chi connectivity index (χ0) is 21.1. The van der Waals surface area contributed by atoms with Crippen LogP contribution in [0.4, 0.5) is 5.69 Å². The number of amides is 1. The molecule has 3 aromatic rings. The van der Waals surface area contributed by atoms with Gasteiger partial charge < -0.3 is 9.47 Å². The van der Waals surface area contributed by atoms with Crippen LogP contribution in [0.25, 0.3) is 11.3 Å². The van der Waals surface area contributed by atoms with E-state index in [2.05, 4.69) is 4.98 Å². The highest BCUT2D eigenvalue weighted by Gasteiger charge is 2.35. The molecule has 2 aromatic carbocycles. The summed E-state index contributed by atoms with van der Waals surface area (Å²) in [5.74, 6) is 0.211. The van der Waals surface area contributed by atoms with Crippen LogP contribution in [0.3, 0.4) is 0 Å². The molecular formula is C22H23N3O3S2. The van der Waals surface area contributed by atoms with Crippen molar-refractivity contribution in [2.75, 3.05) is 22.2 Å². The van der Waals surface area contributed by atoms with Crippen molar-refractivity contribution in [3.05, 3.63) is 66.9 Å². The molecule has 1 fully saturated rings. The van der Waals surface area contributed by atoms with E-state index in [1.807, 2.05) is 72.3 Å². The van der Waals surface area contributed by atoms with E-state index in [-0.39, 0.29) is 29.2 Å². The van der Waals surface area contributed by atoms with Crippen molar-refractivity contribution in [3.8, 4) is 11.3 Å². The number of aromatic nitrogens is 2. The molecule has 30 heavy (non-hydrogen) atoms. The predicted octanol–water partition coefficient (Wildman–Crippen LogP) is 3.40. The summed E-state index contributed by atoms with van der Waals surface area (Å²) < 4.78 is 26.0. The Kier molecular flexibility index (Phi) is 5.97. The maximum Gasteiger partial charge on any atom is 0.237 e. The SMILES string of the molecule is Cn1c(-c2ccccc2)cnc1SCC(=O)N(c1ccccc1)[C@H]1CCS(=O)(=O)C1. The summed E-state index contributed by atoms with van der Waals surface area (Å²) in [6.45, 7) is 0. The maximum absolute atomic E-state index is 13.2. The van der Waals surface area contributed by atoms with Gasteiger partial charge in [0.25, 0.3) is 0 Å². The van der Waals surface area contributed by atoms with Crippen LogP contribution in [-0.4, -0.2) is 47.2 Å². The van der Waals surface area contributed by atoms with Gasteiger partial charge in [-0.2, -0.15) is 0 Å². The van der Waals surface area contributed by atoms with Gasteiger partial charge in [0, 0.05) is 12.7 Å². The summed E-state index contributed by atoms with van der Waals surface area (Å²) in [7, 11) is -1.17. The summed E-state index contributed by atoms with van der Waals surface area (Å²) in [5, 5.41) is 0.745. The van der Waals surface area contributed by atoms with E-state index in [4.69, 9.17) is 0 Å². The Morgan fingerprint density at radius 1 is 1.13 bits per heavy atom. The van der Waals surface area contributed by atoms with E-state index in [1.54, 1.807) is 11.1 Å². The highest BCUT2D eigenvalue weighted by molar-refractivity contribution is 7.99. The fourth-order valence-corrected chi connectivity index (χ4v) is 6.24. The number of benzene rings is 2. The summed E-state index contributed by atoms with van der Waals surface area (Å²) >= 11 is 1.36. The van der Waals surface area contributed by atoms with Gasteiger partial charge in [-0.3, -0.25) is 4.79 Å². The molecule has 0 radical (unpaired) electrons. The lowest BCUT2D eigenvalue weighted by Crippen LogP contribution is -2.42. The van der Waals surface area contributed by atoms with Crippen LogP contribution in [0.2, 0.25) is 0 Å². The van der Waals surface area contributed by atoms with Crippen LogP contribution in [0, 0.1) is 0 Å². The molecule has 0 spiro atoms.